The average Bonchev–Trinajstić information content (AvgIpc) is 2.45. The van der Waals surface area contributed by atoms with Gasteiger partial charge in [-0.25, -0.2) is 0 Å². The number of ether oxygens (including phenoxy) is 1. The van der Waals surface area contributed by atoms with Gasteiger partial charge in [0.1, 0.15) is 16.5 Å². The molecular weight excluding hydrogens is 287 g/mol. The van der Waals surface area contributed by atoms with Crippen molar-refractivity contribution in [3.05, 3.63) is 57.8 Å². The van der Waals surface area contributed by atoms with Gasteiger partial charge in [-0.15, -0.1) is 0 Å². The molecule has 0 aliphatic heterocycles. The lowest BCUT2D eigenvalue weighted by molar-refractivity contribution is 0.319. The number of benzene rings is 1. The Balaban J connectivity index is 2.55. The van der Waals surface area contributed by atoms with Gasteiger partial charge >= 0.3 is 0 Å². The van der Waals surface area contributed by atoms with Gasteiger partial charge in [-0.05, 0) is 24.3 Å². The monoisotopic (exact) mass is 296 g/mol. The second kappa shape index (κ2) is 5.91. The van der Waals surface area contributed by atoms with Crippen LogP contribution in [0.15, 0.2) is 41.7 Å². The van der Waals surface area contributed by atoms with Crippen LogP contribution >= 0.6 is 23.2 Å². The molecule has 1 N–H and O–H groups in total. The van der Waals surface area contributed by atoms with E-state index < -0.39 is 0 Å². The quantitative estimate of drug-likeness (QED) is 0.535. The minimum atomic E-state index is 0.246. The first-order valence-electron chi connectivity index (χ1n) is 5.35. The summed E-state index contributed by atoms with van der Waals surface area (Å²) in [5.74, 6) is 0.453. The van der Waals surface area contributed by atoms with Gasteiger partial charge in [0.2, 0.25) is 0 Å². The second-order valence-electron chi connectivity index (χ2n) is 3.61. The van der Waals surface area contributed by atoms with Crippen molar-refractivity contribution in [3.8, 4) is 5.75 Å². The number of rotatable bonds is 3. The minimum absolute atomic E-state index is 0.246. The molecule has 4 nitrogen and oxygen atoms in total. The molecule has 0 bridgehead atoms. The number of nitrogens with zero attached hydrogens (tertiary/aromatic N) is 2. The number of hydrogen-bond donors (Lipinski definition) is 1. The van der Waals surface area contributed by atoms with Gasteiger partial charge in [0.15, 0.2) is 0 Å². The van der Waals surface area contributed by atoms with Crippen LogP contribution < -0.4 is 4.74 Å². The van der Waals surface area contributed by atoms with Crippen LogP contribution in [0.2, 0.25) is 10.0 Å². The molecule has 0 radical (unpaired) electrons. The van der Waals surface area contributed by atoms with Gasteiger partial charge in [0, 0.05) is 11.8 Å². The SMILES string of the molecule is COc1ccc(/C(=N\O)c2ccccn2)c(Cl)c1Cl. The number of halogens is 2. The van der Waals surface area contributed by atoms with E-state index in [4.69, 9.17) is 27.9 Å². The summed E-state index contributed by atoms with van der Waals surface area (Å²) < 4.78 is 5.07. The lowest BCUT2D eigenvalue weighted by atomic mass is 10.1. The van der Waals surface area contributed by atoms with E-state index in [-0.39, 0.29) is 15.8 Å². The molecule has 0 atom stereocenters. The molecule has 0 unspecified atom stereocenters. The van der Waals surface area contributed by atoms with Gasteiger partial charge in [0.25, 0.3) is 0 Å². The summed E-state index contributed by atoms with van der Waals surface area (Å²) in [4.78, 5) is 4.12. The van der Waals surface area contributed by atoms with E-state index in [1.165, 1.54) is 7.11 Å². The Morgan fingerprint density at radius 3 is 2.58 bits per heavy atom. The molecule has 0 aliphatic carbocycles. The number of aromatic nitrogens is 1. The molecule has 0 spiro atoms. The van der Waals surface area contributed by atoms with Crippen LogP contribution in [0.4, 0.5) is 0 Å². The molecule has 0 saturated heterocycles. The summed E-state index contributed by atoms with van der Waals surface area (Å²) in [6.45, 7) is 0. The Morgan fingerprint density at radius 2 is 2.00 bits per heavy atom. The number of hydrogen-bond acceptors (Lipinski definition) is 4. The Morgan fingerprint density at radius 1 is 1.21 bits per heavy atom. The van der Waals surface area contributed by atoms with Crippen LogP contribution in [0.5, 0.6) is 5.75 Å². The van der Waals surface area contributed by atoms with Crippen molar-refractivity contribution in [1.82, 2.24) is 4.98 Å². The van der Waals surface area contributed by atoms with E-state index in [0.29, 0.717) is 17.0 Å². The zero-order valence-electron chi connectivity index (χ0n) is 9.97. The van der Waals surface area contributed by atoms with Crippen molar-refractivity contribution in [1.29, 1.82) is 0 Å². The molecule has 0 amide bonds. The highest BCUT2D eigenvalue weighted by atomic mass is 35.5. The predicted molar refractivity (Wildman–Crippen MR) is 74.7 cm³/mol. The highest BCUT2D eigenvalue weighted by molar-refractivity contribution is 6.45. The van der Waals surface area contributed by atoms with E-state index in [1.54, 1.807) is 36.5 Å². The van der Waals surface area contributed by atoms with Gasteiger partial charge in [-0.3, -0.25) is 4.98 Å². The smallest absolute Gasteiger partial charge is 0.139 e. The third kappa shape index (κ3) is 2.64. The van der Waals surface area contributed by atoms with E-state index in [0.717, 1.165) is 0 Å². The Labute approximate surface area is 120 Å². The molecule has 6 heteroatoms. The first-order valence-corrected chi connectivity index (χ1v) is 6.10. The highest BCUT2D eigenvalue weighted by Crippen LogP contribution is 2.35. The second-order valence-corrected chi connectivity index (χ2v) is 4.36. The molecule has 2 rings (SSSR count). The molecular formula is C13H10Cl2N2O2. The fraction of sp³-hybridized carbons (Fsp3) is 0.0769. The minimum Gasteiger partial charge on any atom is -0.495 e. The fourth-order valence-corrected chi connectivity index (χ4v) is 2.11. The maximum atomic E-state index is 9.19. The van der Waals surface area contributed by atoms with E-state index in [2.05, 4.69) is 10.1 Å². The lowest BCUT2D eigenvalue weighted by Gasteiger charge is -2.10. The molecule has 0 saturated carbocycles. The molecule has 1 aromatic carbocycles. The summed E-state index contributed by atoms with van der Waals surface area (Å²) >= 11 is 12.2. The third-order valence-electron chi connectivity index (χ3n) is 2.53. The Bertz CT molecular complexity index is 616. The zero-order chi connectivity index (χ0) is 13.8. The van der Waals surface area contributed by atoms with Crippen LogP contribution in [0.1, 0.15) is 11.3 Å². The van der Waals surface area contributed by atoms with Crippen molar-refractivity contribution in [3.63, 3.8) is 0 Å². The molecule has 98 valence electrons. The largest absolute Gasteiger partial charge is 0.495 e. The van der Waals surface area contributed by atoms with Gasteiger partial charge in [0.05, 0.1) is 17.8 Å². The van der Waals surface area contributed by atoms with E-state index >= 15 is 0 Å². The van der Waals surface area contributed by atoms with Gasteiger partial charge < -0.3 is 9.94 Å². The normalized spacial score (nSPS) is 11.4. The zero-order valence-corrected chi connectivity index (χ0v) is 11.5. The van der Waals surface area contributed by atoms with Crippen molar-refractivity contribution >= 4 is 28.9 Å². The Kier molecular flexibility index (Phi) is 4.24. The molecule has 1 aromatic heterocycles. The van der Waals surface area contributed by atoms with Crippen molar-refractivity contribution in [2.45, 2.75) is 0 Å². The van der Waals surface area contributed by atoms with Crippen LogP contribution in [-0.4, -0.2) is 23.0 Å². The topological polar surface area (TPSA) is 54.7 Å². The van der Waals surface area contributed by atoms with Gasteiger partial charge in [-0.1, -0.05) is 34.4 Å². The van der Waals surface area contributed by atoms with Crippen molar-refractivity contribution in [2.24, 2.45) is 5.16 Å². The highest BCUT2D eigenvalue weighted by Gasteiger charge is 2.17. The first kappa shape index (κ1) is 13.6. The Hall–Kier alpha value is -1.78. The maximum absolute atomic E-state index is 9.19. The van der Waals surface area contributed by atoms with Crippen LogP contribution in [0.3, 0.4) is 0 Å². The summed E-state index contributed by atoms with van der Waals surface area (Å²) in [6, 6.07) is 8.58. The lowest BCUT2D eigenvalue weighted by Crippen LogP contribution is -2.07. The standard InChI is InChI=1S/C13H10Cl2N2O2/c1-19-10-6-5-8(11(14)12(10)15)13(17-18)9-4-2-3-7-16-9/h2-7,18H,1H3/b17-13+. The van der Waals surface area contributed by atoms with E-state index in [9.17, 15) is 5.21 Å². The number of methoxy groups -OCH3 is 1. The summed E-state index contributed by atoms with van der Waals surface area (Å²) in [7, 11) is 1.50. The predicted octanol–water partition coefficient (Wildman–Crippen LogP) is 3.62. The van der Waals surface area contributed by atoms with Crippen molar-refractivity contribution in [2.75, 3.05) is 7.11 Å². The summed E-state index contributed by atoms with van der Waals surface area (Å²) in [5, 5.41) is 13.0. The number of oxime groups is 1. The molecule has 0 fully saturated rings. The van der Waals surface area contributed by atoms with Crippen LogP contribution in [-0.2, 0) is 0 Å². The number of pyridine rings is 1. The third-order valence-corrected chi connectivity index (χ3v) is 3.39. The van der Waals surface area contributed by atoms with Crippen molar-refractivity contribution < 1.29 is 9.94 Å². The summed E-state index contributed by atoms with van der Waals surface area (Å²) in [5.41, 5.74) is 1.22. The molecule has 19 heavy (non-hydrogen) atoms. The van der Waals surface area contributed by atoms with Crippen LogP contribution in [0.25, 0.3) is 0 Å². The molecule has 1 heterocycles. The maximum Gasteiger partial charge on any atom is 0.139 e. The average molecular weight is 297 g/mol. The molecule has 2 aromatic rings. The summed E-state index contributed by atoms with van der Waals surface area (Å²) in [6.07, 6.45) is 1.60. The van der Waals surface area contributed by atoms with Crippen LogP contribution in [0, 0.1) is 0 Å². The first-order chi connectivity index (χ1) is 9.19. The van der Waals surface area contributed by atoms with E-state index in [1.807, 2.05) is 0 Å². The molecule has 0 aliphatic rings. The van der Waals surface area contributed by atoms with Gasteiger partial charge in [-0.2, -0.15) is 0 Å². The fourth-order valence-electron chi connectivity index (χ4n) is 1.62.